The predicted molar refractivity (Wildman–Crippen MR) is 105 cm³/mol. The van der Waals surface area contributed by atoms with Crippen molar-refractivity contribution < 1.29 is 22.7 Å². The smallest absolute Gasteiger partial charge is 0.321 e. The van der Waals surface area contributed by atoms with Crippen molar-refractivity contribution in [2.45, 2.75) is 43.0 Å². The van der Waals surface area contributed by atoms with Crippen LogP contribution in [0.1, 0.15) is 32.1 Å². The van der Waals surface area contributed by atoms with E-state index < -0.39 is 29.1 Å². The number of fused-ring (bicyclic) bond motifs is 1. The summed E-state index contributed by atoms with van der Waals surface area (Å²) in [7, 11) is -3.86. The van der Waals surface area contributed by atoms with Crippen molar-refractivity contribution in [1.29, 1.82) is 0 Å². The summed E-state index contributed by atoms with van der Waals surface area (Å²) in [4.78, 5) is 23.7. The van der Waals surface area contributed by atoms with Gasteiger partial charge in [-0.25, -0.2) is 8.42 Å². The highest BCUT2D eigenvalue weighted by molar-refractivity contribution is 7.89. The number of nitrogens with one attached hydrogen (secondary N) is 2. The number of rotatable bonds is 7. The molecule has 0 bridgehead atoms. The summed E-state index contributed by atoms with van der Waals surface area (Å²) >= 11 is 0. The van der Waals surface area contributed by atoms with E-state index in [1.807, 2.05) is 24.3 Å². The minimum absolute atomic E-state index is 0.0639. The van der Waals surface area contributed by atoms with Crippen LogP contribution in [0.15, 0.2) is 47.4 Å². The molecule has 1 amide bonds. The van der Waals surface area contributed by atoms with Crippen LogP contribution in [-0.2, 0) is 24.3 Å². The lowest BCUT2D eigenvalue weighted by Crippen LogP contribution is -2.39. The highest BCUT2D eigenvalue weighted by Gasteiger charge is 2.19. The first-order chi connectivity index (χ1) is 13.4. The molecule has 1 saturated carbocycles. The third-order valence-corrected chi connectivity index (χ3v) is 6.17. The molecular weight excluding hydrogens is 380 g/mol. The zero-order valence-electron chi connectivity index (χ0n) is 15.5. The van der Waals surface area contributed by atoms with Crippen molar-refractivity contribution in [3.05, 3.63) is 42.5 Å². The summed E-state index contributed by atoms with van der Waals surface area (Å²) in [5.41, 5.74) is 0. The number of carbonyl (C=O) groups excluding carboxylic acids is 2. The van der Waals surface area contributed by atoms with Gasteiger partial charge < -0.3 is 10.1 Å². The largest absolute Gasteiger partial charge is 0.455 e. The minimum Gasteiger partial charge on any atom is -0.455 e. The zero-order valence-corrected chi connectivity index (χ0v) is 16.3. The number of carbonyl (C=O) groups is 2. The number of esters is 1. The molecule has 28 heavy (non-hydrogen) atoms. The Hall–Kier alpha value is -2.45. The monoisotopic (exact) mass is 404 g/mol. The number of benzene rings is 2. The van der Waals surface area contributed by atoms with E-state index in [0.717, 1.165) is 36.5 Å². The molecular formula is C20H24N2O5S. The van der Waals surface area contributed by atoms with Gasteiger partial charge in [-0.15, -0.1) is 0 Å². The fourth-order valence-electron chi connectivity index (χ4n) is 3.29. The Morgan fingerprint density at radius 1 is 1.00 bits per heavy atom. The maximum atomic E-state index is 12.4. The Labute approximate surface area is 164 Å². The van der Waals surface area contributed by atoms with Crippen LogP contribution in [0.2, 0.25) is 0 Å². The van der Waals surface area contributed by atoms with E-state index in [2.05, 4.69) is 10.0 Å². The highest BCUT2D eigenvalue weighted by atomic mass is 32.2. The lowest BCUT2D eigenvalue weighted by molar-refractivity contribution is -0.147. The zero-order chi connectivity index (χ0) is 20.0. The van der Waals surface area contributed by atoms with Crippen LogP contribution < -0.4 is 10.0 Å². The first-order valence-corrected chi connectivity index (χ1v) is 10.9. The molecule has 0 aliphatic heterocycles. The molecule has 8 heteroatoms. The molecule has 0 spiro atoms. The van der Waals surface area contributed by atoms with Crippen LogP contribution in [0.5, 0.6) is 0 Å². The average molecular weight is 404 g/mol. The van der Waals surface area contributed by atoms with Gasteiger partial charge in [0.05, 0.1) is 4.90 Å². The summed E-state index contributed by atoms with van der Waals surface area (Å²) in [5, 5.41) is 4.54. The van der Waals surface area contributed by atoms with Crippen molar-refractivity contribution in [1.82, 2.24) is 10.0 Å². The van der Waals surface area contributed by atoms with Gasteiger partial charge in [-0.1, -0.05) is 49.6 Å². The SMILES string of the molecule is O=C(COC(=O)CNS(=O)(=O)c1ccc2ccccc2c1)NC1CCCCC1. The van der Waals surface area contributed by atoms with Crippen molar-refractivity contribution in [3.63, 3.8) is 0 Å². The fourth-order valence-corrected chi connectivity index (χ4v) is 4.29. The molecule has 2 aromatic carbocycles. The van der Waals surface area contributed by atoms with Gasteiger partial charge in [0, 0.05) is 6.04 Å². The molecule has 0 saturated heterocycles. The molecule has 1 fully saturated rings. The Balaban J connectivity index is 1.47. The van der Waals surface area contributed by atoms with Crippen molar-refractivity contribution in [2.75, 3.05) is 13.2 Å². The van der Waals surface area contributed by atoms with Gasteiger partial charge in [0.2, 0.25) is 10.0 Å². The fraction of sp³-hybridized carbons (Fsp3) is 0.400. The van der Waals surface area contributed by atoms with Crippen LogP contribution in [-0.4, -0.2) is 39.5 Å². The van der Waals surface area contributed by atoms with E-state index in [1.54, 1.807) is 12.1 Å². The van der Waals surface area contributed by atoms with Crippen molar-refractivity contribution >= 4 is 32.7 Å². The highest BCUT2D eigenvalue weighted by Crippen LogP contribution is 2.19. The second-order valence-electron chi connectivity index (χ2n) is 6.90. The van der Waals surface area contributed by atoms with Gasteiger partial charge in [-0.2, -0.15) is 4.72 Å². The summed E-state index contributed by atoms with van der Waals surface area (Å²) < 4.78 is 31.8. The van der Waals surface area contributed by atoms with E-state index in [9.17, 15) is 18.0 Å². The lowest BCUT2D eigenvalue weighted by atomic mass is 9.95. The number of hydrogen-bond donors (Lipinski definition) is 2. The predicted octanol–water partition coefficient (Wildman–Crippen LogP) is 2.11. The molecule has 1 aliphatic carbocycles. The molecule has 0 radical (unpaired) electrons. The lowest BCUT2D eigenvalue weighted by Gasteiger charge is -2.22. The molecule has 0 heterocycles. The number of amides is 1. The number of hydrogen-bond acceptors (Lipinski definition) is 5. The average Bonchev–Trinajstić information content (AvgIpc) is 2.71. The van der Waals surface area contributed by atoms with Crippen molar-refractivity contribution in [3.8, 4) is 0 Å². The molecule has 2 aromatic rings. The van der Waals surface area contributed by atoms with E-state index >= 15 is 0 Å². The maximum Gasteiger partial charge on any atom is 0.321 e. The summed E-state index contributed by atoms with van der Waals surface area (Å²) in [6, 6.07) is 12.2. The second kappa shape index (κ2) is 9.16. The minimum atomic E-state index is -3.86. The molecule has 0 aromatic heterocycles. The van der Waals surface area contributed by atoms with E-state index in [1.165, 1.54) is 12.5 Å². The standard InChI is InChI=1S/C20H24N2O5S/c23-19(22-17-8-2-1-3-9-17)14-27-20(24)13-21-28(25,26)18-11-10-15-6-4-5-7-16(15)12-18/h4-7,10-12,17,21H,1-3,8-9,13-14H2,(H,22,23). The molecule has 3 rings (SSSR count). The van der Waals surface area contributed by atoms with E-state index in [0.29, 0.717) is 0 Å². The van der Waals surface area contributed by atoms with Crippen LogP contribution in [0.4, 0.5) is 0 Å². The van der Waals surface area contributed by atoms with Crippen molar-refractivity contribution in [2.24, 2.45) is 0 Å². The van der Waals surface area contributed by atoms with E-state index in [-0.39, 0.29) is 16.8 Å². The Morgan fingerprint density at radius 2 is 1.71 bits per heavy atom. The van der Waals surface area contributed by atoms with Gasteiger partial charge >= 0.3 is 5.97 Å². The van der Waals surface area contributed by atoms with Gasteiger partial charge in [0.1, 0.15) is 6.54 Å². The van der Waals surface area contributed by atoms with E-state index in [4.69, 9.17) is 4.74 Å². The Bertz CT molecular complexity index is 952. The van der Waals surface area contributed by atoms with Crippen LogP contribution >= 0.6 is 0 Å². The third-order valence-electron chi connectivity index (χ3n) is 4.77. The third kappa shape index (κ3) is 5.53. The topological polar surface area (TPSA) is 102 Å². The quantitative estimate of drug-likeness (QED) is 0.688. The maximum absolute atomic E-state index is 12.4. The van der Waals surface area contributed by atoms with Gasteiger partial charge in [0.15, 0.2) is 6.61 Å². The number of sulfonamides is 1. The van der Waals surface area contributed by atoms with Gasteiger partial charge in [-0.3, -0.25) is 9.59 Å². The molecule has 0 unspecified atom stereocenters. The Morgan fingerprint density at radius 3 is 2.46 bits per heavy atom. The second-order valence-corrected chi connectivity index (χ2v) is 8.66. The van der Waals surface area contributed by atoms with Gasteiger partial charge in [-0.05, 0) is 35.7 Å². The molecule has 1 aliphatic rings. The molecule has 7 nitrogen and oxygen atoms in total. The summed E-state index contributed by atoms with van der Waals surface area (Å²) in [6.45, 7) is -0.946. The number of ether oxygens (including phenoxy) is 1. The van der Waals surface area contributed by atoms with Crippen LogP contribution in [0.3, 0.4) is 0 Å². The normalized spacial score (nSPS) is 15.3. The first kappa shape index (κ1) is 20.3. The summed E-state index contributed by atoms with van der Waals surface area (Å²) in [5.74, 6) is -1.17. The Kier molecular flexibility index (Phi) is 6.64. The van der Waals surface area contributed by atoms with Crippen LogP contribution in [0, 0.1) is 0 Å². The molecule has 2 N–H and O–H groups in total. The molecule has 0 atom stereocenters. The summed E-state index contributed by atoms with van der Waals surface area (Å²) in [6.07, 6.45) is 5.22. The van der Waals surface area contributed by atoms with Crippen LogP contribution in [0.25, 0.3) is 10.8 Å². The van der Waals surface area contributed by atoms with Gasteiger partial charge in [0.25, 0.3) is 5.91 Å². The molecule has 150 valence electrons. The first-order valence-electron chi connectivity index (χ1n) is 9.37.